The van der Waals surface area contributed by atoms with Crippen molar-refractivity contribution < 1.29 is 11.0 Å². The molecule has 1 fully saturated rings. The van der Waals surface area contributed by atoms with Crippen molar-refractivity contribution in [3.63, 3.8) is 0 Å². The Labute approximate surface area is 99.6 Å². The third-order valence-corrected chi connectivity index (χ3v) is 2.97. The van der Waals surface area contributed by atoms with Crippen LogP contribution in [0.3, 0.4) is 0 Å². The van der Waals surface area contributed by atoms with E-state index in [1.807, 2.05) is 24.3 Å². The van der Waals surface area contributed by atoms with Gasteiger partial charge in [0.2, 0.25) is 11.8 Å². The minimum Gasteiger partial charge on any atom is -0.341 e. The summed E-state index contributed by atoms with van der Waals surface area (Å²) in [5, 5.41) is 4.19. The maximum Gasteiger partial charge on any atom is 0.249 e. The molecule has 2 heterocycles. The lowest BCUT2D eigenvalue weighted by Gasteiger charge is -2.21. The van der Waals surface area contributed by atoms with Crippen LogP contribution in [0.2, 0.25) is 0 Å². The van der Waals surface area contributed by atoms with Crippen molar-refractivity contribution in [3.8, 4) is 0 Å². The molecule has 0 aliphatic carbocycles. The summed E-state index contributed by atoms with van der Waals surface area (Å²) >= 11 is 0. The van der Waals surface area contributed by atoms with E-state index in [2.05, 4.69) is 5.32 Å². The molecule has 86 valence electrons. The number of hydrogen-bond donors (Lipinski definition) is 1. The molecule has 1 atom stereocenters. The van der Waals surface area contributed by atoms with Crippen molar-refractivity contribution in [1.82, 2.24) is 9.88 Å². The SMILES string of the molecule is [2H]C1(n2cc3ccccc3c2)CCC(=O)NC1=O. The molecule has 2 amide bonds. The summed E-state index contributed by atoms with van der Waals surface area (Å²) in [7, 11) is 0. The topological polar surface area (TPSA) is 51.1 Å². The lowest BCUT2D eigenvalue weighted by Crippen LogP contribution is -2.41. The number of rotatable bonds is 1. The highest BCUT2D eigenvalue weighted by atomic mass is 16.2. The van der Waals surface area contributed by atoms with E-state index < -0.39 is 11.9 Å². The van der Waals surface area contributed by atoms with Gasteiger partial charge < -0.3 is 4.57 Å². The van der Waals surface area contributed by atoms with Crippen molar-refractivity contribution in [2.24, 2.45) is 0 Å². The Bertz CT molecular complexity index is 616. The Kier molecular flexibility index (Phi) is 1.97. The Morgan fingerprint density at radius 3 is 2.47 bits per heavy atom. The summed E-state index contributed by atoms with van der Waals surface area (Å²) < 4.78 is 9.87. The van der Waals surface area contributed by atoms with Crippen molar-refractivity contribution in [2.75, 3.05) is 0 Å². The minimum absolute atomic E-state index is 0.198. The van der Waals surface area contributed by atoms with E-state index in [0.29, 0.717) is 0 Å². The van der Waals surface area contributed by atoms with Crippen LogP contribution in [-0.2, 0) is 9.59 Å². The first-order chi connectivity index (χ1) is 8.59. The summed E-state index contributed by atoms with van der Waals surface area (Å²) in [6.07, 6.45) is 3.96. The molecule has 1 aromatic carbocycles. The molecule has 3 rings (SSSR count). The maximum atomic E-state index is 11.9. The first kappa shape index (κ1) is 8.98. The van der Waals surface area contributed by atoms with Gasteiger partial charge in [0.15, 0.2) is 0 Å². The zero-order valence-corrected chi connectivity index (χ0v) is 9.14. The lowest BCUT2D eigenvalue weighted by atomic mass is 10.1. The molecule has 17 heavy (non-hydrogen) atoms. The molecule has 0 bridgehead atoms. The van der Waals surface area contributed by atoms with Crippen LogP contribution in [0.25, 0.3) is 10.8 Å². The predicted octanol–water partition coefficient (Wildman–Crippen LogP) is 1.62. The fourth-order valence-electron chi connectivity index (χ4n) is 2.09. The van der Waals surface area contributed by atoms with E-state index in [9.17, 15) is 9.59 Å². The molecule has 4 heteroatoms. The van der Waals surface area contributed by atoms with Crippen LogP contribution < -0.4 is 5.32 Å². The van der Waals surface area contributed by atoms with E-state index >= 15 is 0 Å². The number of hydrogen-bond acceptors (Lipinski definition) is 2. The smallest absolute Gasteiger partial charge is 0.249 e. The monoisotopic (exact) mass is 229 g/mol. The molecule has 1 unspecified atom stereocenters. The Morgan fingerprint density at radius 1 is 1.24 bits per heavy atom. The zero-order valence-electron chi connectivity index (χ0n) is 10.1. The van der Waals surface area contributed by atoms with Crippen LogP contribution in [-0.4, -0.2) is 16.4 Å². The number of amides is 2. The Balaban J connectivity index is 2.07. The molecule has 1 aromatic heterocycles. The van der Waals surface area contributed by atoms with Gasteiger partial charge in [0.05, 0.1) is 1.37 Å². The van der Waals surface area contributed by atoms with E-state index in [1.54, 1.807) is 17.0 Å². The van der Waals surface area contributed by atoms with Crippen LogP contribution in [0.1, 0.15) is 20.2 Å². The van der Waals surface area contributed by atoms with Gasteiger partial charge in [-0.2, -0.15) is 0 Å². The molecule has 2 aromatic rings. The number of fused-ring (bicyclic) bond motifs is 1. The number of carbonyl (C=O) groups is 2. The number of nitrogens with one attached hydrogen (secondary N) is 1. The summed E-state index contributed by atoms with van der Waals surface area (Å²) in [6.45, 7) is 0. The molecular formula is C13H12N2O2. The number of benzene rings is 1. The van der Waals surface area contributed by atoms with E-state index in [1.165, 1.54) is 0 Å². The van der Waals surface area contributed by atoms with Gasteiger partial charge >= 0.3 is 0 Å². The minimum atomic E-state index is -1.42. The summed E-state index contributed by atoms with van der Waals surface area (Å²) in [5.41, 5.74) is 0. The molecular weight excluding hydrogens is 216 g/mol. The lowest BCUT2D eigenvalue weighted by molar-refractivity contribution is -0.135. The van der Waals surface area contributed by atoms with E-state index in [0.717, 1.165) is 10.8 Å². The molecule has 0 radical (unpaired) electrons. The third kappa shape index (κ3) is 1.71. The Morgan fingerprint density at radius 2 is 1.88 bits per heavy atom. The average Bonchev–Trinajstić information content (AvgIpc) is 2.78. The highest BCUT2D eigenvalue weighted by molar-refractivity contribution is 5.99. The normalized spacial score (nSPS) is 25.8. The van der Waals surface area contributed by atoms with Crippen molar-refractivity contribution in [1.29, 1.82) is 0 Å². The fourth-order valence-corrected chi connectivity index (χ4v) is 2.09. The van der Waals surface area contributed by atoms with Crippen LogP contribution in [0.5, 0.6) is 0 Å². The standard InChI is InChI=1S/C13H12N2O2/c16-12-6-5-11(13(17)14-12)15-7-9-3-1-2-4-10(9)8-15/h1-4,7-8,11H,5-6H2,(H,14,16,17)/i11D. The van der Waals surface area contributed by atoms with Gasteiger partial charge in [-0.3, -0.25) is 14.9 Å². The quantitative estimate of drug-likeness (QED) is 0.755. The van der Waals surface area contributed by atoms with Gasteiger partial charge in [0.25, 0.3) is 0 Å². The third-order valence-electron chi connectivity index (χ3n) is 2.97. The number of nitrogens with zero attached hydrogens (tertiary/aromatic N) is 1. The summed E-state index contributed by atoms with van der Waals surface area (Å²) in [4.78, 5) is 23.0. The molecule has 4 nitrogen and oxygen atoms in total. The summed E-state index contributed by atoms with van der Waals surface area (Å²) in [5.74, 6) is -0.862. The van der Waals surface area contributed by atoms with Crippen LogP contribution >= 0.6 is 0 Å². The number of aromatic nitrogens is 1. The number of imide groups is 1. The second kappa shape index (κ2) is 3.73. The van der Waals surface area contributed by atoms with Crippen LogP contribution in [0.4, 0.5) is 0 Å². The van der Waals surface area contributed by atoms with Crippen molar-refractivity contribution in [3.05, 3.63) is 36.7 Å². The molecule has 1 aliphatic heterocycles. The average molecular weight is 229 g/mol. The molecule has 1 aliphatic rings. The Hall–Kier alpha value is -2.10. The number of carbonyl (C=O) groups excluding carboxylic acids is 2. The first-order valence-electron chi connectivity index (χ1n) is 6.01. The highest BCUT2D eigenvalue weighted by Gasteiger charge is 2.27. The van der Waals surface area contributed by atoms with Gasteiger partial charge in [-0.15, -0.1) is 0 Å². The molecule has 0 spiro atoms. The van der Waals surface area contributed by atoms with E-state index in [4.69, 9.17) is 1.37 Å². The van der Waals surface area contributed by atoms with Gasteiger partial charge in [-0.1, -0.05) is 24.3 Å². The van der Waals surface area contributed by atoms with Crippen molar-refractivity contribution in [2.45, 2.75) is 18.9 Å². The summed E-state index contributed by atoms with van der Waals surface area (Å²) in [6, 6.07) is 6.26. The second-order valence-electron chi connectivity index (χ2n) is 4.12. The largest absolute Gasteiger partial charge is 0.341 e. The second-order valence-corrected chi connectivity index (χ2v) is 4.12. The number of piperidine rings is 1. The zero-order chi connectivity index (χ0) is 12.8. The van der Waals surface area contributed by atoms with Crippen LogP contribution in [0, 0.1) is 0 Å². The van der Waals surface area contributed by atoms with Gasteiger partial charge in [0, 0.05) is 18.8 Å². The molecule has 1 saturated heterocycles. The van der Waals surface area contributed by atoms with E-state index in [-0.39, 0.29) is 18.7 Å². The molecule has 1 N–H and O–H groups in total. The highest BCUT2D eigenvalue weighted by Crippen LogP contribution is 2.23. The van der Waals surface area contributed by atoms with Gasteiger partial charge in [0.1, 0.15) is 6.02 Å². The van der Waals surface area contributed by atoms with Gasteiger partial charge in [-0.25, -0.2) is 0 Å². The molecule has 0 saturated carbocycles. The fraction of sp³-hybridized carbons (Fsp3) is 0.231. The van der Waals surface area contributed by atoms with Gasteiger partial charge in [-0.05, 0) is 17.2 Å². The van der Waals surface area contributed by atoms with Crippen LogP contribution in [0.15, 0.2) is 36.7 Å². The predicted molar refractivity (Wildman–Crippen MR) is 63.4 cm³/mol. The first-order valence-corrected chi connectivity index (χ1v) is 5.51. The maximum absolute atomic E-state index is 11.9. The van der Waals surface area contributed by atoms with Crippen molar-refractivity contribution >= 4 is 22.6 Å².